The maximum Gasteiger partial charge on any atom is 0.377 e. The van der Waals surface area contributed by atoms with Crippen molar-refractivity contribution in [3.05, 3.63) is 12.2 Å². The first-order valence-corrected chi connectivity index (χ1v) is 5.32. The zero-order valence-electron chi connectivity index (χ0n) is 10.1. The average molecular weight is 278 g/mol. The van der Waals surface area contributed by atoms with Gasteiger partial charge in [-0.25, -0.2) is 14.4 Å². The number of hydrogen-bond acceptors (Lipinski definition) is 6. The highest BCUT2D eigenvalue weighted by Crippen LogP contribution is 2.15. The topological polar surface area (TPSA) is 78.9 Å². The summed E-state index contributed by atoms with van der Waals surface area (Å²) in [6.45, 7) is 3.00. The fraction of sp³-hybridized carbons (Fsp3) is 0.545. The highest BCUT2D eigenvalue weighted by Gasteiger charge is 2.35. The van der Waals surface area contributed by atoms with Crippen LogP contribution in [0.2, 0.25) is 0 Å². The van der Waals surface area contributed by atoms with Crippen molar-refractivity contribution < 1.29 is 37.4 Å². The predicted molar refractivity (Wildman–Crippen MR) is 56.2 cm³/mol. The Balaban J connectivity index is 2.39. The molecule has 1 saturated heterocycles. The van der Waals surface area contributed by atoms with Gasteiger partial charge in [-0.1, -0.05) is 6.58 Å². The number of carbonyl (C=O) groups is 3. The van der Waals surface area contributed by atoms with Gasteiger partial charge in [0.1, 0.15) is 6.61 Å². The highest BCUT2D eigenvalue weighted by molar-refractivity contribution is 5.91. The van der Waals surface area contributed by atoms with E-state index in [4.69, 9.17) is 4.74 Å². The van der Waals surface area contributed by atoms with Crippen LogP contribution in [0.25, 0.3) is 0 Å². The first-order valence-electron chi connectivity index (χ1n) is 5.32. The van der Waals surface area contributed by atoms with Crippen LogP contribution in [0, 0.1) is 0 Å². The molecular formula is C11H12F2O6. The summed E-state index contributed by atoms with van der Waals surface area (Å²) in [6.07, 6.45) is -0.822. The molecule has 1 aliphatic rings. The number of ether oxygens (including phenoxy) is 3. The average Bonchev–Trinajstić information content (AvgIpc) is 2.70. The van der Waals surface area contributed by atoms with Crippen molar-refractivity contribution in [2.75, 3.05) is 13.2 Å². The van der Waals surface area contributed by atoms with Crippen LogP contribution >= 0.6 is 0 Å². The van der Waals surface area contributed by atoms with Crippen LogP contribution < -0.4 is 0 Å². The fourth-order valence-electron chi connectivity index (χ4n) is 1.14. The van der Waals surface area contributed by atoms with E-state index in [1.165, 1.54) is 0 Å². The van der Waals surface area contributed by atoms with Gasteiger partial charge in [0.25, 0.3) is 0 Å². The molecule has 0 bridgehead atoms. The lowest BCUT2D eigenvalue weighted by Crippen LogP contribution is -2.29. The third-order valence-electron chi connectivity index (χ3n) is 2.16. The van der Waals surface area contributed by atoms with Crippen LogP contribution in [-0.2, 0) is 28.6 Å². The normalized spacial score (nSPS) is 18.7. The van der Waals surface area contributed by atoms with Crippen LogP contribution in [0.15, 0.2) is 12.2 Å². The van der Waals surface area contributed by atoms with E-state index in [1.54, 1.807) is 0 Å². The maximum absolute atomic E-state index is 12.5. The molecule has 8 heteroatoms. The second-order valence-corrected chi connectivity index (χ2v) is 3.92. The van der Waals surface area contributed by atoms with Gasteiger partial charge in [-0.2, -0.15) is 8.78 Å². The molecule has 0 aromatic carbocycles. The Morgan fingerprint density at radius 1 is 1.53 bits per heavy atom. The SMILES string of the molecule is C=C(COC(=O)C(C)(F)F)C(=O)OC1CCOC1=O. The van der Waals surface area contributed by atoms with Crippen LogP contribution in [0.4, 0.5) is 8.78 Å². The number of alkyl halides is 2. The summed E-state index contributed by atoms with van der Waals surface area (Å²) in [6, 6.07) is 0. The van der Waals surface area contributed by atoms with E-state index in [0.717, 1.165) is 0 Å². The molecule has 1 heterocycles. The summed E-state index contributed by atoms with van der Waals surface area (Å²) < 4.78 is 38.4. The summed E-state index contributed by atoms with van der Waals surface area (Å²) >= 11 is 0. The summed E-state index contributed by atoms with van der Waals surface area (Å²) in [5.74, 6) is -7.12. The summed E-state index contributed by atoms with van der Waals surface area (Å²) in [5.41, 5.74) is -0.350. The van der Waals surface area contributed by atoms with Crippen molar-refractivity contribution in [2.45, 2.75) is 25.4 Å². The molecule has 106 valence electrons. The standard InChI is InChI=1S/C11H12F2O6/c1-6(5-18-10(16)11(2,12)13)8(14)19-7-3-4-17-9(7)15/h7H,1,3-5H2,2H3. The Labute approximate surface area is 107 Å². The van der Waals surface area contributed by atoms with Crippen LogP contribution in [-0.4, -0.2) is 43.1 Å². The molecule has 0 aliphatic carbocycles. The Bertz CT molecular complexity index is 412. The Hall–Kier alpha value is -1.99. The van der Waals surface area contributed by atoms with E-state index in [1.807, 2.05) is 0 Å². The zero-order valence-corrected chi connectivity index (χ0v) is 10.1. The van der Waals surface area contributed by atoms with Gasteiger partial charge in [0.2, 0.25) is 6.10 Å². The highest BCUT2D eigenvalue weighted by atomic mass is 19.3. The minimum atomic E-state index is -3.65. The second-order valence-electron chi connectivity index (χ2n) is 3.92. The van der Waals surface area contributed by atoms with E-state index in [0.29, 0.717) is 6.92 Å². The summed E-state index contributed by atoms with van der Waals surface area (Å²) in [7, 11) is 0. The summed E-state index contributed by atoms with van der Waals surface area (Å²) in [5, 5.41) is 0. The molecule has 1 fully saturated rings. The number of halogens is 2. The van der Waals surface area contributed by atoms with Gasteiger partial charge in [0.15, 0.2) is 0 Å². The van der Waals surface area contributed by atoms with Crippen molar-refractivity contribution in [1.29, 1.82) is 0 Å². The van der Waals surface area contributed by atoms with Crippen molar-refractivity contribution >= 4 is 17.9 Å². The Kier molecular flexibility index (Phi) is 4.57. The molecule has 1 atom stereocenters. The number of carbonyl (C=O) groups excluding carboxylic acids is 3. The Morgan fingerprint density at radius 3 is 2.63 bits per heavy atom. The van der Waals surface area contributed by atoms with Gasteiger partial charge in [-0.3, -0.25) is 0 Å². The van der Waals surface area contributed by atoms with Crippen molar-refractivity contribution in [3.63, 3.8) is 0 Å². The minimum absolute atomic E-state index is 0.139. The molecule has 0 spiro atoms. The third-order valence-corrected chi connectivity index (χ3v) is 2.16. The summed E-state index contributed by atoms with van der Waals surface area (Å²) in [4.78, 5) is 33.2. The molecule has 1 rings (SSSR count). The molecule has 0 radical (unpaired) electrons. The molecule has 0 N–H and O–H groups in total. The molecule has 1 aliphatic heterocycles. The smallest absolute Gasteiger partial charge is 0.377 e. The Morgan fingerprint density at radius 2 is 2.16 bits per heavy atom. The van der Waals surface area contributed by atoms with Gasteiger partial charge in [-0.15, -0.1) is 0 Å². The van der Waals surface area contributed by atoms with E-state index in [-0.39, 0.29) is 18.6 Å². The van der Waals surface area contributed by atoms with E-state index in [9.17, 15) is 23.2 Å². The second kappa shape index (κ2) is 5.77. The maximum atomic E-state index is 12.5. The van der Waals surface area contributed by atoms with E-state index < -0.39 is 36.5 Å². The molecule has 0 aromatic heterocycles. The van der Waals surface area contributed by atoms with Gasteiger partial charge in [0, 0.05) is 13.3 Å². The molecule has 0 amide bonds. The number of cyclic esters (lactones) is 1. The lowest BCUT2D eigenvalue weighted by atomic mass is 10.3. The molecule has 19 heavy (non-hydrogen) atoms. The van der Waals surface area contributed by atoms with Crippen molar-refractivity contribution in [2.24, 2.45) is 0 Å². The first kappa shape index (κ1) is 15.1. The van der Waals surface area contributed by atoms with Crippen molar-refractivity contribution in [3.8, 4) is 0 Å². The van der Waals surface area contributed by atoms with Gasteiger partial charge in [0.05, 0.1) is 12.2 Å². The van der Waals surface area contributed by atoms with Crippen LogP contribution in [0.1, 0.15) is 13.3 Å². The van der Waals surface area contributed by atoms with Crippen molar-refractivity contribution in [1.82, 2.24) is 0 Å². The third kappa shape index (κ3) is 4.31. The molecule has 0 saturated carbocycles. The number of esters is 3. The largest absolute Gasteiger partial charge is 0.463 e. The van der Waals surface area contributed by atoms with Gasteiger partial charge >= 0.3 is 23.8 Å². The van der Waals surface area contributed by atoms with Gasteiger partial charge < -0.3 is 14.2 Å². The molecule has 1 unspecified atom stereocenters. The fourth-order valence-corrected chi connectivity index (χ4v) is 1.14. The predicted octanol–water partition coefficient (Wildman–Crippen LogP) is 0.600. The first-order chi connectivity index (χ1) is 8.71. The molecule has 6 nitrogen and oxygen atoms in total. The zero-order chi connectivity index (χ0) is 14.6. The number of hydrogen-bond donors (Lipinski definition) is 0. The van der Waals surface area contributed by atoms with E-state index in [2.05, 4.69) is 16.1 Å². The monoisotopic (exact) mass is 278 g/mol. The lowest BCUT2D eigenvalue weighted by molar-refractivity contribution is -0.169. The quantitative estimate of drug-likeness (QED) is 0.416. The van der Waals surface area contributed by atoms with E-state index >= 15 is 0 Å². The molecule has 0 aromatic rings. The minimum Gasteiger partial charge on any atom is -0.463 e. The van der Waals surface area contributed by atoms with Crippen LogP contribution in [0.3, 0.4) is 0 Å². The van der Waals surface area contributed by atoms with Gasteiger partial charge in [-0.05, 0) is 0 Å². The number of rotatable bonds is 5. The lowest BCUT2D eigenvalue weighted by Gasteiger charge is -2.12. The molecular weight excluding hydrogens is 266 g/mol. The van der Waals surface area contributed by atoms with Crippen LogP contribution in [0.5, 0.6) is 0 Å².